The minimum absolute atomic E-state index is 0.0546. The molecule has 0 aliphatic carbocycles. The summed E-state index contributed by atoms with van der Waals surface area (Å²) in [5.41, 5.74) is 3.03. The number of hydrogen-bond donors (Lipinski definition) is 0. The molecule has 150 valence electrons. The Balaban J connectivity index is 1.78. The van der Waals surface area contributed by atoms with Crippen LogP contribution in [0.2, 0.25) is 5.02 Å². The van der Waals surface area contributed by atoms with E-state index in [0.717, 1.165) is 28.2 Å². The first-order valence-electron chi connectivity index (χ1n) is 9.35. The molecule has 0 spiro atoms. The van der Waals surface area contributed by atoms with Gasteiger partial charge >= 0.3 is 0 Å². The predicted molar refractivity (Wildman–Crippen MR) is 115 cm³/mol. The zero-order chi connectivity index (χ0) is 20.6. The standard InChI is InChI=1S/C24H24ClNO3/c1-28-22-11-5-19(6-12-22)16-26(17-20-7-13-23(29-2)14-8-20)24(27)15-18-3-9-21(25)10-4-18/h3-14H,15-17H2,1-2H3. The lowest BCUT2D eigenvalue weighted by Crippen LogP contribution is -2.31. The van der Waals surface area contributed by atoms with Crippen LogP contribution in [0.15, 0.2) is 72.8 Å². The fourth-order valence-corrected chi connectivity index (χ4v) is 3.15. The van der Waals surface area contributed by atoms with Crippen molar-refractivity contribution in [3.05, 3.63) is 94.5 Å². The van der Waals surface area contributed by atoms with Crippen molar-refractivity contribution < 1.29 is 14.3 Å². The number of hydrogen-bond acceptors (Lipinski definition) is 3. The van der Waals surface area contributed by atoms with Gasteiger partial charge in [-0.05, 0) is 53.1 Å². The number of carbonyl (C=O) groups excluding carboxylic acids is 1. The largest absolute Gasteiger partial charge is 0.497 e. The predicted octanol–water partition coefficient (Wildman–Crippen LogP) is 5.13. The van der Waals surface area contributed by atoms with Gasteiger partial charge in [0.05, 0.1) is 20.6 Å². The topological polar surface area (TPSA) is 38.8 Å². The van der Waals surface area contributed by atoms with Gasteiger partial charge in [-0.2, -0.15) is 0 Å². The molecule has 3 aromatic rings. The Labute approximate surface area is 176 Å². The van der Waals surface area contributed by atoms with E-state index in [9.17, 15) is 4.79 Å². The first kappa shape index (κ1) is 20.7. The molecule has 0 saturated carbocycles. The van der Waals surface area contributed by atoms with Crippen LogP contribution in [0.3, 0.4) is 0 Å². The first-order chi connectivity index (χ1) is 14.1. The minimum atomic E-state index is 0.0546. The highest BCUT2D eigenvalue weighted by Crippen LogP contribution is 2.18. The van der Waals surface area contributed by atoms with E-state index in [1.165, 1.54) is 0 Å². The van der Waals surface area contributed by atoms with Gasteiger partial charge in [0.2, 0.25) is 5.91 Å². The number of ether oxygens (including phenoxy) is 2. The SMILES string of the molecule is COc1ccc(CN(Cc2ccc(OC)cc2)C(=O)Cc2ccc(Cl)cc2)cc1. The molecule has 29 heavy (non-hydrogen) atoms. The lowest BCUT2D eigenvalue weighted by molar-refractivity contribution is -0.131. The highest BCUT2D eigenvalue weighted by Gasteiger charge is 2.16. The highest BCUT2D eigenvalue weighted by atomic mass is 35.5. The van der Waals surface area contributed by atoms with Crippen molar-refractivity contribution in [2.24, 2.45) is 0 Å². The van der Waals surface area contributed by atoms with Gasteiger partial charge in [0.15, 0.2) is 0 Å². The van der Waals surface area contributed by atoms with Crippen LogP contribution in [0, 0.1) is 0 Å². The number of carbonyl (C=O) groups is 1. The second-order valence-corrected chi connectivity index (χ2v) is 7.19. The number of rotatable bonds is 8. The maximum Gasteiger partial charge on any atom is 0.227 e. The second-order valence-electron chi connectivity index (χ2n) is 6.75. The summed E-state index contributed by atoms with van der Waals surface area (Å²) < 4.78 is 10.4. The Hall–Kier alpha value is -2.98. The molecule has 3 rings (SSSR count). The molecule has 0 atom stereocenters. The van der Waals surface area contributed by atoms with Crippen molar-refractivity contribution in [2.45, 2.75) is 19.5 Å². The maximum absolute atomic E-state index is 13.1. The van der Waals surface area contributed by atoms with Crippen molar-refractivity contribution in [3.63, 3.8) is 0 Å². The molecule has 4 nitrogen and oxygen atoms in total. The van der Waals surface area contributed by atoms with E-state index in [1.807, 2.05) is 65.6 Å². The summed E-state index contributed by atoms with van der Waals surface area (Å²) in [7, 11) is 3.28. The van der Waals surface area contributed by atoms with Crippen LogP contribution in [0.5, 0.6) is 11.5 Å². The van der Waals surface area contributed by atoms with E-state index in [4.69, 9.17) is 21.1 Å². The zero-order valence-corrected chi connectivity index (χ0v) is 17.4. The normalized spacial score (nSPS) is 10.4. The summed E-state index contributed by atoms with van der Waals surface area (Å²) >= 11 is 5.96. The van der Waals surface area contributed by atoms with Crippen LogP contribution in [0.1, 0.15) is 16.7 Å². The van der Waals surface area contributed by atoms with E-state index < -0.39 is 0 Å². The second kappa shape index (κ2) is 9.99. The smallest absolute Gasteiger partial charge is 0.227 e. The lowest BCUT2D eigenvalue weighted by atomic mass is 10.1. The van der Waals surface area contributed by atoms with Crippen molar-refractivity contribution in [1.82, 2.24) is 4.90 Å². The molecule has 0 unspecified atom stereocenters. The summed E-state index contributed by atoms with van der Waals surface area (Å²) in [6.07, 6.45) is 0.323. The number of benzene rings is 3. The highest BCUT2D eigenvalue weighted by molar-refractivity contribution is 6.30. The lowest BCUT2D eigenvalue weighted by Gasteiger charge is -2.23. The van der Waals surface area contributed by atoms with E-state index in [0.29, 0.717) is 24.5 Å². The van der Waals surface area contributed by atoms with Crippen LogP contribution in [0.4, 0.5) is 0 Å². The summed E-state index contributed by atoms with van der Waals surface area (Å²) in [6.45, 7) is 1.03. The molecular formula is C24H24ClNO3. The van der Waals surface area contributed by atoms with Gasteiger partial charge in [-0.15, -0.1) is 0 Å². The molecule has 0 aromatic heterocycles. The van der Waals surface area contributed by atoms with Crippen LogP contribution < -0.4 is 9.47 Å². The van der Waals surface area contributed by atoms with Crippen molar-refractivity contribution in [3.8, 4) is 11.5 Å². The molecule has 0 bridgehead atoms. The number of amides is 1. The van der Waals surface area contributed by atoms with Crippen LogP contribution in [0.25, 0.3) is 0 Å². The molecule has 0 aliphatic rings. The number of methoxy groups -OCH3 is 2. The van der Waals surface area contributed by atoms with Gasteiger partial charge in [-0.1, -0.05) is 48.0 Å². The van der Waals surface area contributed by atoms with Gasteiger partial charge in [-0.25, -0.2) is 0 Å². The van der Waals surface area contributed by atoms with E-state index in [-0.39, 0.29) is 5.91 Å². The van der Waals surface area contributed by atoms with Crippen LogP contribution >= 0.6 is 11.6 Å². The quantitative estimate of drug-likeness (QED) is 0.517. The molecule has 5 heteroatoms. The van der Waals surface area contributed by atoms with Crippen molar-refractivity contribution in [2.75, 3.05) is 14.2 Å². The van der Waals surface area contributed by atoms with Gasteiger partial charge < -0.3 is 14.4 Å². The van der Waals surface area contributed by atoms with E-state index >= 15 is 0 Å². The molecule has 0 N–H and O–H groups in total. The average Bonchev–Trinajstić information content (AvgIpc) is 2.76. The molecule has 0 heterocycles. The maximum atomic E-state index is 13.1. The Morgan fingerprint density at radius 3 is 1.55 bits per heavy atom. The molecule has 0 fully saturated rings. The van der Waals surface area contributed by atoms with Crippen LogP contribution in [-0.2, 0) is 24.3 Å². The van der Waals surface area contributed by atoms with E-state index in [2.05, 4.69) is 0 Å². The van der Waals surface area contributed by atoms with Crippen molar-refractivity contribution >= 4 is 17.5 Å². The average molecular weight is 410 g/mol. The van der Waals surface area contributed by atoms with Gasteiger partial charge in [0.1, 0.15) is 11.5 Å². The Bertz CT molecular complexity index is 872. The summed E-state index contributed by atoms with van der Waals surface area (Å²) in [5, 5.41) is 0.662. The Kier molecular flexibility index (Phi) is 7.14. The van der Waals surface area contributed by atoms with E-state index in [1.54, 1.807) is 26.4 Å². The van der Waals surface area contributed by atoms with Crippen molar-refractivity contribution in [1.29, 1.82) is 0 Å². The minimum Gasteiger partial charge on any atom is -0.497 e. The third-order valence-corrected chi connectivity index (χ3v) is 4.94. The number of nitrogens with zero attached hydrogens (tertiary/aromatic N) is 1. The Morgan fingerprint density at radius 2 is 1.14 bits per heavy atom. The first-order valence-corrected chi connectivity index (χ1v) is 9.73. The van der Waals surface area contributed by atoms with Gasteiger partial charge in [0, 0.05) is 18.1 Å². The fraction of sp³-hybridized carbons (Fsp3) is 0.208. The summed E-state index contributed by atoms with van der Waals surface area (Å²) in [4.78, 5) is 15.0. The van der Waals surface area contributed by atoms with Gasteiger partial charge in [-0.3, -0.25) is 4.79 Å². The monoisotopic (exact) mass is 409 g/mol. The molecule has 3 aromatic carbocycles. The summed E-state index contributed by atoms with van der Waals surface area (Å²) in [6, 6.07) is 22.9. The number of halogens is 1. The Morgan fingerprint density at radius 1 is 0.724 bits per heavy atom. The molecule has 0 saturated heterocycles. The zero-order valence-electron chi connectivity index (χ0n) is 16.6. The van der Waals surface area contributed by atoms with Gasteiger partial charge in [0.25, 0.3) is 0 Å². The molecule has 0 aliphatic heterocycles. The summed E-state index contributed by atoms with van der Waals surface area (Å²) in [5.74, 6) is 1.64. The molecule has 1 amide bonds. The third-order valence-electron chi connectivity index (χ3n) is 4.69. The fourth-order valence-electron chi connectivity index (χ4n) is 3.02. The molecule has 0 radical (unpaired) electrons. The third kappa shape index (κ3) is 6.00. The molecular weight excluding hydrogens is 386 g/mol. The van der Waals surface area contributed by atoms with Crippen LogP contribution in [-0.4, -0.2) is 25.0 Å².